The van der Waals surface area contributed by atoms with Gasteiger partial charge in [0, 0.05) is 50.2 Å². The highest BCUT2D eigenvalue weighted by molar-refractivity contribution is 5.25. The van der Waals surface area contributed by atoms with E-state index in [-0.39, 0.29) is 0 Å². The molecule has 1 fully saturated rings. The van der Waals surface area contributed by atoms with E-state index in [0.717, 1.165) is 61.6 Å². The lowest BCUT2D eigenvalue weighted by atomic mass is 10.0. The van der Waals surface area contributed by atoms with Gasteiger partial charge >= 0.3 is 6.18 Å². The number of piperidine rings is 1. The summed E-state index contributed by atoms with van der Waals surface area (Å²) in [6.45, 7) is 6.01. The van der Waals surface area contributed by atoms with Crippen LogP contribution in [0.2, 0.25) is 0 Å². The zero-order chi connectivity index (χ0) is 23.1. The summed E-state index contributed by atoms with van der Waals surface area (Å²) in [6, 6.07) is 16.3. The fourth-order valence-corrected chi connectivity index (χ4v) is 4.04. The molecule has 0 aliphatic carbocycles. The molecule has 1 aliphatic rings. The van der Waals surface area contributed by atoms with Gasteiger partial charge in [0.2, 0.25) is 0 Å². The highest BCUT2D eigenvalue weighted by Crippen LogP contribution is 2.29. The van der Waals surface area contributed by atoms with E-state index >= 15 is 0 Å². The van der Waals surface area contributed by atoms with Crippen LogP contribution in [0.25, 0.3) is 0 Å². The fraction of sp³-hybridized carbons (Fsp3) is 0.440. The SMILES string of the molecule is C/C(NCc1ccc(C(F)(F)F)cc1)=C(/N)CN1CCC(N(C)Cc2ccccc2)CC1. The predicted octanol–water partition coefficient (Wildman–Crippen LogP) is 4.58. The molecule has 0 bridgehead atoms. The maximum absolute atomic E-state index is 12.7. The van der Waals surface area contributed by atoms with Crippen molar-refractivity contribution < 1.29 is 13.2 Å². The molecule has 32 heavy (non-hydrogen) atoms. The third-order valence-electron chi connectivity index (χ3n) is 6.17. The van der Waals surface area contributed by atoms with Gasteiger partial charge in [-0.25, -0.2) is 0 Å². The molecule has 0 amide bonds. The number of hydrogen-bond donors (Lipinski definition) is 2. The molecule has 7 heteroatoms. The van der Waals surface area contributed by atoms with Crippen LogP contribution < -0.4 is 11.1 Å². The molecular weight excluding hydrogens is 413 g/mol. The van der Waals surface area contributed by atoms with Crippen LogP contribution in [-0.4, -0.2) is 42.5 Å². The number of likely N-dealkylation sites (tertiary alicyclic amines) is 1. The predicted molar refractivity (Wildman–Crippen MR) is 123 cm³/mol. The molecule has 3 N–H and O–H groups in total. The molecule has 1 heterocycles. The van der Waals surface area contributed by atoms with Crippen molar-refractivity contribution in [2.75, 3.05) is 26.7 Å². The summed E-state index contributed by atoms with van der Waals surface area (Å²) in [6.07, 6.45) is -2.10. The number of hydrogen-bond acceptors (Lipinski definition) is 4. The van der Waals surface area contributed by atoms with Crippen LogP contribution in [0.4, 0.5) is 13.2 Å². The van der Waals surface area contributed by atoms with Crippen LogP contribution in [0, 0.1) is 0 Å². The lowest BCUT2D eigenvalue weighted by Gasteiger charge is -2.37. The van der Waals surface area contributed by atoms with E-state index in [1.807, 2.05) is 13.0 Å². The molecule has 1 saturated heterocycles. The number of rotatable bonds is 8. The van der Waals surface area contributed by atoms with E-state index in [4.69, 9.17) is 5.73 Å². The molecule has 174 valence electrons. The first-order chi connectivity index (χ1) is 15.2. The number of nitrogens with zero attached hydrogens (tertiary/aromatic N) is 2. The molecule has 0 atom stereocenters. The Morgan fingerprint density at radius 2 is 1.66 bits per heavy atom. The van der Waals surface area contributed by atoms with Gasteiger partial charge in [-0.1, -0.05) is 42.5 Å². The van der Waals surface area contributed by atoms with Gasteiger partial charge in [-0.15, -0.1) is 0 Å². The van der Waals surface area contributed by atoms with Crippen LogP contribution in [0.3, 0.4) is 0 Å². The Hall–Kier alpha value is -2.51. The van der Waals surface area contributed by atoms with Crippen molar-refractivity contribution in [3.8, 4) is 0 Å². The number of allylic oxidation sites excluding steroid dienone is 1. The first-order valence-electron chi connectivity index (χ1n) is 11.0. The maximum atomic E-state index is 12.7. The fourth-order valence-electron chi connectivity index (χ4n) is 4.04. The normalized spacial score (nSPS) is 16.8. The third-order valence-corrected chi connectivity index (χ3v) is 6.17. The summed E-state index contributed by atoms with van der Waals surface area (Å²) in [7, 11) is 2.19. The molecule has 3 rings (SSSR count). The zero-order valence-electron chi connectivity index (χ0n) is 18.8. The van der Waals surface area contributed by atoms with Crippen molar-refractivity contribution in [3.05, 3.63) is 82.7 Å². The third kappa shape index (κ3) is 7.00. The lowest BCUT2D eigenvalue weighted by molar-refractivity contribution is -0.137. The average Bonchev–Trinajstić information content (AvgIpc) is 2.78. The van der Waals surface area contributed by atoms with Gasteiger partial charge in [0.1, 0.15) is 0 Å². The van der Waals surface area contributed by atoms with Gasteiger partial charge in [0.15, 0.2) is 0 Å². The van der Waals surface area contributed by atoms with Crippen molar-refractivity contribution in [1.82, 2.24) is 15.1 Å². The Morgan fingerprint density at radius 3 is 2.25 bits per heavy atom. The molecule has 0 saturated carbocycles. The molecular formula is C25H33F3N4. The molecule has 2 aromatic rings. The summed E-state index contributed by atoms with van der Waals surface area (Å²) in [5.74, 6) is 0. The molecule has 0 aromatic heterocycles. The minimum atomic E-state index is -4.31. The Balaban J connectivity index is 1.43. The number of nitrogens with two attached hydrogens (primary N) is 1. The van der Waals surface area contributed by atoms with Gasteiger partial charge in [-0.3, -0.25) is 9.80 Å². The maximum Gasteiger partial charge on any atom is 0.416 e. The number of halogens is 3. The van der Waals surface area contributed by atoms with E-state index in [0.29, 0.717) is 19.1 Å². The van der Waals surface area contributed by atoms with E-state index in [1.54, 1.807) is 0 Å². The monoisotopic (exact) mass is 446 g/mol. The average molecular weight is 447 g/mol. The zero-order valence-corrected chi connectivity index (χ0v) is 18.8. The number of benzene rings is 2. The van der Waals surface area contributed by atoms with Crippen molar-refractivity contribution >= 4 is 0 Å². The van der Waals surface area contributed by atoms with E-state index < -0.39 is 11.7 Å². The second-order valence-corrected chi connectivity index (χ2v) is 8.61. The van der Waals surface area contributed by atoms with Crippen molar-refractivity contribution in [3.63, 3.8) is 0 Å². The van der Waals surface area contributed by atoms with Crippen molar-refractivity contribution in [1.29, 1.82) is 0 Å². The van der Waals surface area contributed by atoms with Crippen molar-refractivity contribution in [2.24, 2.45) is 5.73 Å². The van der Waals surface area contributed by atoms with Gasteiger partial charge in [-0.2, -0.15) is 13.2 Å². The van der Waals surface area contributed by atoms with E-state index in [2.05, 4.69) is 46.4 Å². The number of nitrogens with one attached hydrogen (secondary N) is 1. The minimum Gasteiger partial charge on any atom is -0.400 e. The molecule has 2 aromatic carbocycles. The first-order valence-corrected chi connectivity index (χ1v) is 11.0. The van der Waals surface area contributed by atoms with Crippen LogP contribution in [0.5, 0.6) is 0 Å². The highest BCUT2D eigenvalue weighted by Gasteiger charge is 2.29. The largest absolute Gasteiger partial charge is 0.416 e. The quantitative estimate of drug-likeness (QED) is 0.623. The van der Waals surface area contributed by atoms with Crippen LogP contribution in [0.1, 0.15) is 36.5 Å². The van der Waals surface area contributed by atoms with Gasteiger partial charge in [0.05, 0.1) is 5.56 Å². The molecule has 0 unspecified atom stereocenters. The molecule has 1 aliphatic heterocycles. The summed E-state index contributed by atoms with van der Waals surface area (Å²) in [5, 5.41) is 3.24. The Bertz CT molecular complexity index is 870. The topological polar surface area (TPSA) is 44.5 Å². The summed E-state index contributed by atoms with van der Waals surface area (Å²) in [5.41, 5.74) is 9.43. The first kappa shape index (κ1) is 24.1. The number of alkyl halides is 3. The van der Waals surface area contributed by atoms with Crippen LogP contribution in [-0.2, 0) is 19.3 Å². The van der Waals surface area contributed by atoms with E-state index in [9.17, 15) is 13.2 Å². The highest BCUT2D eigenvalue weighted by atomic mass is 19.4. The summed E-state index contributed by atoms with van der Waals surface area (Å²) < 4.78 is 38.0. The summed E-state index contributed by atoms with van der Waals surface area (Å²) >= 11 is 0. The Labute approximate surface area is 188 Å². The van der Waals surface area contributed by atoms with Crippen molar-refractivity contribution in [2.45, 2.75) is 45.1 Å². The van der Waals surface area contributed by atoms with Gasteiger partial charge in [0.25, 0.3) is 0 Å². The minimum absolute atomic E-state index is 0.441. The van der Waals surface area contributed by atoms with Crippen LogP contribution in [0.15, 0.2) is 66.0 Å². The lowest BCUT2D eigenvalue weighted by Crippen LogP contribution is -2.44. The standard InChI is InChI=1S/C25H33F3N4/c1-19(30-16-20-8-10-22(11-9-20)25(26,27)28)24(29)18-32-14-12-23(13-15-32)31(2)17-21-6-4-3-5-7-21/h3-11,23,30H,12-18,29H2,1-2H3/b24-19-. The van der Waals surface area contributed by atoms with Gasteiger partial charge in [-0.05, 0) is 50.1 Å². The summed E-state index contributed by atoms with van der Waals surface area (Å²) in [4.78, 5) is 4.80. The molecule has 0 spiro atoms. The Morgan fingerprint density at radius 1 is 1.03 bits per heavy atom. The molecule has 0 radical (unpaired) electrons. The van der Waals surface area contributed by atoms with Crippen LogP contribution >= 0.6 is 0 Å². The second-order valence-electron chi connectivity index (χ2n) is 8.61. The van der Waals surface area contributed by atoms with Gasteiger partial charge < -0.3 is 11.1 Å². The van der Waals surface area contributed by atoms with E-state index in [1.165, 1.54) is 17.7 Å². The smallest absolute Gasteiger partial charge is 0.400 e. The second kappa shape index (κ2) is 10.9. The Kier molecular flexibility index (Phi) is 8.21. The molecule has 4 nitrogen and oxygen atoms in total.